The van der Waals surface area contributed by atoms with Crippen LogP contribution in [-0.4, -0.2) is 38.2 Å². The molecule has 34 heavy (non-hydrogen) atoms. The SMILES string of the molecule is CC(C)n1cc(CCCC(=O)N2CC3CC(C2)c2ccc([NH+]([O-])O)c(=O)n2C3)c2ccccc21. The van der Waals surface area contributed by atoms with Crippen molar-refractivity contribution in [2.45, 2.75) is 58.0 Å². The van der Waals surface area contributed by atoms with Gasteiger partial charge in [0.1, 0.15) is 0 Å². The predicted molar refractivity (Wildman–Crippen MR) is 129 cm³/mol. The van der Waals surface area contributed by atoms with E-state index in [9.17, 15) is 20.0 Å². The average molecular weight is 465 g/mol. The van der Waals surface area contributed by atoms with Gasteiger partial charge in [-0.25, -0.2) is 5.21 Å². The van der Waals surface area contributed by atoms with Crippen LogP contribution in [0.25, 0.3) is 10.9 Å². The van der Waals surface area contributed by atoms with Crippen LogP contribution in [0.3, 0.4) is 0 Å². The highest BCUT2D eigenvalue weighted by Gasteiger charge is 2.37. The minimum atomic E-state index is -1.19. The third-order valence-corrected chi connectivity index (χ3v) is 7.40. The van der Waals surface area contributed by atoms with E-state index in [1.807, 2.05) is 4.90 Å². The molecular weight excluding hydrogens is 432 g/mol. The Hall–Kier alpha value is -2.94. The lowest BCUT2D eigenvalue weighted by atomic mass is 9.83. The van der Waals surface area contributed by atoms with Gasteiger partial charge in [-0.2, -0.15) is 5.23 Å². The van der Waals surface area contributed by atoms with E-state index >= 15 is 0 Å². The zero-order chi connectivity index (χ0) is 24.0. The molecule has 3 unspecified atom stereocenters. The van der Waals surface area contributed by atoms with E-state index in [-0.39, 0.29) is 23.4 Å². The largest absolute Gasteiger partial charge is 0.595 e. The van der Waals surface area contributed by atoms with Crippen LogP contribution in [0.4, 0.5) is 5.69 Å². The number of benzene rings is 1. The molecule has 8 nitrogen and oxygen atoms in total. The fourth-order valence-corrected chi connectivity index (χ4v) is 5.80. The van der Waals surface area contributed by atoms with Gasteiger partial charge in [0.25, 0.3) is 0 Å². The van der Waals surface area contributed by atoms with Gasteiger partial charge in [0.15, 0.2) is 0 Å². The van der Waals surface area contributed by atoms with Crippen molar-refractivity contribution in [3.8, 4) is 0 Å². The normalized spacial score (nSPS) is 20.6. The molecule has 1 fully saturated rings. The standard InChI is InChI=1S/C26H32N4O4/c1-17(2)28-16-19(21-7-3-4-8-23(21)28)6-5-9-25(31)27-13-18-12-20(15-27)22-10-11-24(30(33)34)26(32)29(22)14-18/h3-4,7-8,10-11,16-18,20,30,33H,5-6,9,12-15H2,1-2H3. The van der Waals surface area contributed by atoms with Gasteiger partial charge in [0, 0.05) is 66.9 Å². The molecule has 180 valence electrons. The summed E-state index contributed by atoms with van der Waals surface area (Å²) in [5, 5.41) is 20.7. The quantitative estimate of drug-likeness (QED) is 0.549. The minimum Gasteiger partial charge on any atom is -0.595 e. The highest BCUT2D eigenvalue weighted by atomic mass is 16.8. The van der Waals surface area contributed by atoms with Crippen LogP contribution < -0.4 is 10.8 Å². The number of hydrogen-bond donors (Lipinski definition) is 2. The third-order valence-electron chi connectivity index (χ3n) is 7.40. The van der Waals surface area contributed by atoms with Crippen LogP contribution >= 0.6 is 0 Å². The van der Waals surface area contributed by atoms with Crippen LogP contribution in [0.15, 0.2) is 47.4 Å². The molecule has 2 aliphatic heterocycles. The number of nitrogens with zero attached hydrogens (tertiary/aromatic N) is 3. The molecule has 0 saturated carbocycles. The number of hydrogen-bond acceptors (Lipinski definition) is 4. The number of aromatic nitrogens is 2. The molecule has 1 aromatic carbocycles. The van der Waals surface area contributed by atoms with Crippen LogP contribution in [0.1, 0.15) is 56.3 Å². The lowest BCUT2D eigenvalue weighted by molar-refractivity contribution is -0.992. The molecule has 2 aromatic heterocycles. The van der Waals surface area contributed by atoms with E-state index in [4.69, 9.17) is 0 Å². The van der Waals surface area contributed by atoms with Crippen LogP contribution in [-0.2, 0) is 17.8 Å². The molecule has 8 heteroatoms. The topological polar surface area (TPSA) is 95.0 Å². The first-order valence-electron chi connectivity index (χ1n) is 12.2. The monoisotopic (exact) mass is 464 g/mol. The van der Waals surface area contributed by atoms with Crippen molar-refractivity contribution in [3.05, 3.63) is 69.4 Å². The lowest BCUT2D eigenvalue weighted by Crippen LogP contribution is -3.00. The maximum atomic E-state index is 13.1. The van der Waals surface area contributed by atoms with Gasteiger partial charge >= 0.3 is 5.56 Å². The van der Waals surface area contributed by atoms with Gasteiger partial charge in [-0.05, 0) is 56.7 Å². The third kappa shape index (κ3) is 4.06. The summed E-state index contributed by atoms with van der Waals surface area (Å²) >= 11 is 0. The molecule has 2 aliphatic rings. The smallest absolute Gasteiger partial charge is 0.315 e. The second-order valence-electron chi connectivity index (χ2n) is 10.0. The summed E-state index contributed by atoms with van der Waals surface area (Å²) in [6.07, 6.45) is 5.33. The van der Waals surface area contributed by atoms with E-state index < -0.39 is 10.8 Å². The molecule has 2 N–H and O–H groups in total. The first-order valence-corrected chi connectivity index (χ1v) is 12.2. The van der Waals surface area contributed by atoms with Crippen molar-refractivity contribution < 1.29 is 15.2 Å². The predicted octanol–water partition coefficient (Wildman–Crippen LogP) is 2.76. The number of aryl methyl sites for hydroxylation is 1. The summed E-state index contributed by atoms with van der Waals surface area (Å²) in [7, 11) is 0. The zero-order valence-electron chi connectivity index (χ0n) is 19.7. The Bertz CT molecular complexity index is 1280. The van der Waals surface area contributed by atoms with Crippen molar-refractivity contribution in [2.24, 2.45) is 5.92 Å². The molecule has 1 amide bonds. The maximum Gasteiger partial charge on any atom is 0.315 e. The molecule has 3 atom stereocenters. The fourth-order valence-electron chi connectivity index (χ4n) is 5.80. The number of para-hydroxylation sites is 1. The van der Waals surface area contributed by atoms with Crippen molar-refractivity contribution in [1.29, 1.82) is 0 Å². The Labute approximate surface area is 198 Å². The molecule has 5 rings (SSSR count). The van der Waals surface area contributed by atoms with E-state index in [1.54, 1.807) is 10.6 Å². The number of nitrogens with one attached hydrogen (secondary N) is 1. The van der Waals surface area contributed by atoms with Crippen molar-refractivity contribution >= 4 is 22.5 Å². The van der Waals surface area contributed by atoms with Gasteiger partial charge in [-0.15, -0.1) is 0 Å². The fraction of sp³-hybridized carbons (Fsp3) is 0.462. The molecule has 1 saturated heterocycles. The second kappa shape index (κ2) is 9.02. The summed E-state index contributed by atoms with van der Waals surface area (Å²) in [5.41, 5.74) is 2.76. The molecule has 0 radical (unpaired) electrons. The number of amides is 1. The Kier molecular flexibility index (Phi) is 6.06. The first kappa shape index (κ1) is 22.8. The second-order valence-corrected chi connectivity index (χ2v) is 10.0. The van der Waals surface area contributed by atoms with Crippen LogP contribution in [0.5, 0.6) is 0 Å². The maximum absolute atomic E-state index is 13.1. The van der Waals surface area contributed by atoms with E-state index in [1.165, 1.54) is 22.5 Å². The molecule has 0 aliphatic carbocycles. The Morgan fingerprint density at radius 1 is 1.18 bits per heavy atom. The average Bonchev–Trinajstić information content (AvgIpc) is 3.18. The van der Waals surface area contributed by atoms with Gasteiger partial charge in [0.2, 0.25) is 11.6 Å². The van der Waals surface area contributed by atoms with Crippen molar-refractivity contribution in [3.63, 3.8) is 0 Å². The number of piperidine rings is 1. The highest BCUT2D eigenvalue weighted by Crippen LogP contribution is 2.35. The molecule has 3 aromatic rings. The summed E-state index contributed by atoms with van der Waals surface area (Å²) in [5.74, 6) is 0.428. The summed E-state index contributed by atoms with van der Waals surface area (Å²) in [6.45, 7) is 6.06. The van der Waals surface area contributed by atoms with Gasteiger partial charge in [-0.1, -0.05) is 18.2 Å². The van der Waals surface area contributed by atoms with Gasteiger partial charge in [0.05, 0.1) is 0 Å². The minimum absolute atomic E-state index is 0.0796. The van der Waals surface area contributed by atoms with Crippen molar-refractivity contribution in [1.82, 2.24) is 14.0 Å². The Morgan fingerprint density at radius 2 is 1.97 bits per heavy atom. The number of quaternary nitrogens is 1. The molecule has 4 heterocycles. The summed E-state index contributed by atoms with van der Waals surface area (Å²) in [6, 6.07) is 12.0. The van der Waals surface area contributed by atoms with Crippen molar-refractivity contribution in [2.75, 3.05) is 13.1 Å². The molecular formula is C26H32N4O4. The van der Waals surface area contributed by atoms with E-state index in [0.717, 1.165) is 25.0 Å². The number of rotatable bonds is 6. The molecule has 0 spiro atoms. The highest BCUT2D eigenvalue weighted by molar-refractivity contribution is 5.84. The van der Waals surface area contributed by atoms with E-state index in [0.29, 0.717) is 32.1 Å². The molecule has 2 bridgehead atoms. The Morgan fingerprint density at radius 3 is 2.74 bits per heavy atom. The zero-order valence-corrected chi connectivity index (χ0v) is 19.7. The number of carbonyl (C=O) groups excluding carboxylic acids is 1. The van der Waals surface area contributed by atoms with Gasteiger partial charge < -0.3 is 19.2 Å². The Balaban J connectivity index is 1.25. The summed E-state index contributed by atoms with van der Waals surface area (Å²) in [4.78, 5) is 27.7. The first-order chi connectivity index (χ1) is 16.3. The van der Waals surface area contributed by atoms with Gasteiger partial charge in [-0.3, -0.25) is 9.59 Å². The number of fused-ring (bicyclic) bond motifs is 5. The van der Waals surface area contributed by atoms with Crippen LogP contribution in [0.2, 0.25) is 0 Å². The number of pyridine rings is 1. The van der Waals surface area contributed by atoms with E-state index in [2.05, 4.69) is 48.9 Å². The summed E-state index contributed by atoms with van der Waals surface area (Å²) < 4.78 is 3.92. The lowest BCUT2D eigenvalue weighted by Gasteiger charge is -2.43. The number of likely N-dealkylation sites (tertiary alicyclic amines) is 1. The van der Waals surface area contributed by atoms with Crippen LogP contribution in [0, 0.1) is 11.1 Å². The number of carbonyl (C=O) groups is 1.